The van der Waals surface area contributed by atoms with Crippen LogP contribution in [0.4, 0.5) is 0 Å². The van der Waals surface area contributed by atoms with E-state index in [9.17, 15) is 0 Å². The summed E-state index contributed by atoms with van der Waals surface area (Å²) in [7, 11) is 1.72. The zero-order chi connectivity index (χ0) is 16.8. The van der Waals surface area contributed by atoms with E-state index in [-0.39, 0.29) is 6.04 Å². The molecule has 24 heavy (non-hydrogen) atoms. The third-order valence-corrected chi connectivity index (χ3v) is 4.23. The van der Waals surface area contributed by atoms with Gasteiger partial charge in [-0.25, -0.2) is 0 Å². The quantitative estimate of drug-likeness (QED) is 0.832. The number of halogens is 1. The lowest BCUT2D eigenvalue weighted by atomic mass is 10.1. The van der Waals surface area contributed by atoms with Crippen LogP contribution in [-0.4, -0.2) is 33.0 Å². The van der Waals surface area contributed by atoms with E-state index in [1.165, 1.54) is 5.56 Å². The number of hydrogen-bond donors (Lipinski definition) is 1. The van der Waals surface area contributed by atoms with Gasteiger partial charge in [-0.05, 0) is 29.7 Å². The van der Waals surface area contributed by atoms with Gasteiger partial charge in [-0.1, -0.05) is 41.9 Å². The average molecular weight is 348 g/mol. The molecule has 1 atom stereocenters. The molecule has 1 N–H and O–H groups in total. The third kappa shape index (κ3) is 4.41. The van der Waals surface area contributed by atoms with Gasteiger partial charge in [0.05, 0.1) is 11.6 Å². The fraction of sp³-hybridized carbons (Fsp3) is 0.368. The Morgan fingerprint density at radius 2 is 1.92 bits per heavy atom. The summed E-state index contributed by atoms with van der Waals surface area (Å²) < 4.78 is 16.5. The predicted octanol–water partition coefficient (Wildman–Crippen LogP) is 3.46. The lowest BCUT2D eigenvalue weighted by Gasteiger charge is -2.22. The highest BCUT2D eigenvalue weighted by molar-refractivity contribution is 6.32. The summed E-state index contributed by atoms with van der Waals surface area (Å²) in [6.45, 7) is 2.43. The van der Waals surface area contributed by atoms with Crippen molar-refractivity contribution in [2.75, 3.05) is 26.9 Å². The van der Waals surface area contributed by atoms with Gasteiger partial charge in [-0.3, -0.25) is 0 Å². The van der Waals surface area contributed by atoms with Crippen molar-refractivity contribution in [1.29, 1.82) is 0 Å². The maximum atomic E-state index is 6.30. The molecule has 0 saturated carbocycles. The summed E-state index contributed by atoms with van der Waals surface area (Å²) in [4.78, 5) is 0. The molecule has 1 unspecified atom stereocenters. The van der Waals surface area contributed by atoms with Crippen LogP contribution in [0, 0.1) is 0 Å². The van der Waals surface area contributed by atoms with Crippen molar-refractivity contribution in [3.63, 3.8) is 0 Å². The number of methoxy groups -OCH3 is 1. The van der Waals surface area contributed by atoms with E-state index in [2.05, 4.69) is 29.6 Å². The molecule has 0 amide bonds. The second-order valence-electron chi connectivity index (χ2n) is 5.82. The molecule has 0 aliphatic carbocycles. The minimum atomic E-state index is 0.226. The summed E-state index contributed by atoms with van der Waals surface area (Å²) in [5.41, 5.74) is 2.35. The maximum Gasteiger partial charge on any atom is 0.179 e. The van der Waals surface area contributed by atoms with Crippen LogP contribution in [0.15, 0.2) is 42.5 Å². The van der Waals surface area contributed by atoms with Crippen LogP contribution in [0.25, 0.3) is 0 Å². The molecule has 2 aromatic rings. The number of ether oxygens (including phenoxy) is 3. The fourth-order valence-corrected chi connectivity index (χ4v) is 3.11. The topological polar surface area (TPSA) is 39.7 Å². The zero-order valence-corrected chi connectivity index (χ0v) is 14.5. The molecule has 3 rings (SSSR count). The molecular weight excluding hydrogens is 326 g/mol. The predicted molar refractivity (Wildman–Crippen MR) is 95.1 cm³/mol. The minimum Gasteiger partial charge on any atom is -0.486 e. The Morgan fingerprint density at radius 1 is 1.12 bits per heavy atom. The summed E-state index contributed by atoms with van der Waals surface area (Å²) in [5, 5.41) is 4.13. The maximum absolute atomic E-state index is 6.30. The SMILES string of the molecule is COCC(Cc1ccccc1)NCc1cc(Cl)c2c(c1)OCCO2. The largest absolute Gasteiger partial charge is 0.486 e. The number of rotatable bonds is 7. The van der Waals surface area contributed by atoms with Gasteiger partial charge in [0.25, 0.3) is 0 Å². The smallest absolute Gasteiger partial charge is 0.179 e. The summed E-state index contributed by atoms with van der Waals surface area (Å²) >= 11 is 6.30. The van der Waals surface area contributed by atoms with Crippen molar-refractivity contribution in [3.05, 3.63) is 58.6 Å². The van der Waals surface area contributed by atoms with Crippen molar-refractivity contribution in [3.8, 4) is 11.5 Å². The van der Waals surface area contributed by atoms with Crippen LogP contribution in [0.2, 0.25) is 5.02 Å². The molecular formula is C19H22ClNO3. The lowest BCUT2D eigenvalue weighted by Crippen LogP contribution is -2.34. The van der Waals surface area contributed by atoms with Crippen LogP contribution in [-0.2, 0) is 17.7 Å². The standard InChI is InChI=1S/C19H22ClNO3/c1-22-13-16(9-14-5-3-2-4-6-14)21-12-15-10-17(20)19-18(11-15)23-7-8-24-19/h2-6,10-11,16,21H,7-9,12-13H2,1H3. The second kappa shape index (κ2) is 8.38. The molecule has 1 aliphatic rings. The Hall–Kier alpha value is -1.75. The van der Waals surface area contributed by atoms with E-state index in [1.54, 1.807) is 7.11 Å². The monoisotopic (exact) mass is 347 g/mol. The Bertz CT molecular complexity index is 663. The lowest BCUT2D eigenvalue weighted by molar-refractivity contribution is 0.165. The van der Waals surface area contributed by atoms with Crippen molar-refractivity contribution in [2.45, 2.75) is 19.0 Å². The molecule has 2 aromatic carbocycles. The first kappa shape index (κ1) is 17.1. The van der Waals surface area contributed by atoms with Crippen molar-refractivity contribution in [2.24, 2.45) is 0 Å². The van der Waals surface area contributed by atoms with Gasteiger partial charge in [0.2, 0.25) is 0 Å². The molecule has 0 radical (unpaired) electrons. The molecule has 0 spiro atoms. The molecule has 1 heterocycles. The van der Waals surface area contributed by atoms with E-state index in [4.69, 9.17) is 25.8 Å². The Labute approximate surface area is 147 Å². The van der Waals surface area contributed by atoms with Gasteiger partial charge >= 0.3 is 0 Å². The molecule has 0 fully saturated rings. The normalized spacial score (nSPS) is 14.4. The highest BCUT2D eigenvalue weighted by Gasteiger charge is 2.17. The number of nitrogens with one attached hydrogen (secondary N) is 1. The summed E-state index contributed by atoms with van der Waals surface area (Å²) in [6.07, 6.45) is 0.910. The molecule has 128 valence electrons. The molecule has 0 aromatic heterocycles. The summed E-state index contributed by atoms with van der Waals surface area (Å²) in [5.74, 6) is 1.36. The van der Waals surface area contributed by atoms with Crippen LogP contribution in [0.3, 0.4) is 0 Å². The number of fused-ring (bicyclic) bond motifs is 1. The van der Waals surface area contributed by atoms with Crippen LogP contribution in [0.5, 0.6) is 11.5 Å². The first-order valence-electron chi connectivity index (χ1n) is 8.10. The van der Waals surface area contributed by atoms with Crippen LogP contribution < -0.4 is 14.8 Å². The van der Waals surface area contributed by atoms with Crippen molar-refractivity contribution >= 4 is 11.6 Å². The van der Waals surface area contributed by atoms with Crippen LogP contribution >= 0.6 is 11.6 Å². The minimum absolute atomic E-state index is 0.226. The van der Waals surface area contributed by atoms with E-state index >= 15 is 0 Å². The van der Waals surface area contributed by atoms with Gasteiger partial charge in [0, 0.05) is 19.7 Å². The van der Waals surface area contributed by atoms with Gasteiger partial charge in [0.15, 0.2) is 11.5 Å². The highest BCUT2D eigenvalue weighted by atomic mass is 35.5. The van der Waals surface area contributed by atoms with E-state index in [1.807, 2.05) is 18.2 Å². The van der Waals surface area contributed by atoms with E-state index < -0.39 is 0 Å². The van der Waals surface area contributed by atoms with Crippen LogP contribution in [0.1, 0.15) is 11.1 Å². The van der Waals surface area contributed by atoms with Crippen molar-refractivity contribution in [1.82, 2.24) is 5.32 Å². The Balaban J connectivity index is 1.65. The third-order valence-electron chi connectivity index (χ3n) is 3.94. The van der Waals surface area contributed by atoms with Gasteiger partial charge < -0.3 is 19.5 Å². The summed E-state index contributed by atoms with van der Waals surface area (Å²) in [6, 6.07) is 14.5. The molecule has 5 heteroatoms. The van der Waals surface area contributed by atoms with Gasteiger partial charge in [-0.15, -0.1) is 0 Å². The van der Waals surface area contributed by atoms with Gasteiger partial charge in [-0.2, -0.15) is 0 Å². The Kier molecular flexibility index (Phi) is 5.96. The second-order valence-corrected chi connectivity index (χ2v) is 6.23. The van der Waals surface area contributed by atoms with Crippen molar-refractivity contribution < 1.29 is 14.2 Å². The van der Waals surface area contributed by atoms with E-state index in [0.29, 0.717) is 37.1 Å². The van der Waals surface area contributed by atoms with E-state index in [0.717, 1.165) is 17.7 Å². The first-order valence-corrected chi connectivity index (χ1v) is 8.48. The zero-order valence-electron chi connectivity index (χ0n) is 13.8. The molecule has 1 aliphatic heterocycles. The first-order chi connectivity index (χ1) is 11.8. The average Bonchev–Trinajstić information content (AvgIpc) is 2.61. The number of benzene rings is 2. The molecule has 4 nitrogen and oxygen atoms in total. The molecule has 0 saturated heterocycles. The molecule has 0 bridgehead atoms. The van der Waals surface area contributed by atoms with Gasteiger partial charge in [0.1, 0.15) is 13.2 Å². The highest BCUT2D eigenvalue weighted by Crippen LogP contribution is 2.38. The fourth-order valence-electron chi connectivity index (χ4n) is 2.82. The Morgan fingerprint density at radius 3 is 2.71 bits per heavy atom. The number of hydrogen-bond acceptors (Lipinski definition) is 4.